The maximum absolute atomic E-state index is 10.8. The molecule has 92 valence electrons. The molecule has 0 radical (unpaired) electrons. The molecule has 0 aliphatic heterocycles. The van der Waals surface area contributed by atoms with Gasteiger partial charge in [-0.25, -0.2) is 4.79 Å². The molecule has 6 heteroatoms. The first kappa shape index (κ1) is 13.1. The molecule has 0 unspecified atom stereocenters. The van der Waals surface area contributed by atoms with Crippen LogP contribution in [0, 0.1) is 10.1 Å². The summed E-state index contributed by atoms with van der Waals surface area (Å²) in [6, 6.07) is 4.64. The van der Waals surface area contributed by atoms with E-state index in [4.69, 9.17) is 10.8 Å². The van der Waals surface area contributed by atoms with Crippen molar-refractivity contribution >= 4 is 5.97 Å². The Bertz CT molecular complexity index is 431. The van der Waals surface area contributed by atoms with Crippen LogP contribution < -0.4 is 5.73 Å². The molecule has 0 aliphatic carbocycles. The average molecular weight is 238 g/mol. The maximum atomic E-state index is 10.8. The first-order valence-electron chi connectivity index (χ1n) is 5.21. The molecule has 17 heavy (non-hydrogen) atoms. The number of nitro groups is 1. The maximum Gasteiger partial charge on any atom is 0.335 e. The van der Waals surface area contributed by atoms with Gasteiger partial charge in [0.1, 0.15) is 0 Å². The van der Waals surface area contributed by atoms with E-state index < -0.39 is 10.9 Å². The first-order chi connectivity index (χ1) is 8.04. The predicted octanol–water partition coefficient (Wildman–Crippen LogP) is 0.705. The Morgan fingerprint density at radius 3 is 2.59 bits per heavy atom. The molecule has 0 saturated heterocycles. The Kier molecular flexibility index (Phi) is 4.59. The summed E-state index contributed by atoms with van der Waals surface area (Å²) >= 11 is 0. The molecule has 0 saturated carbocycles. The lowest BCUT2D eigenvalue weighted by Gasteiger charge is -2.08. The van der Waals surface area contributed by atoms with Gasteiger partial charge in [0.15, 0.2) is 0 Å². The molecule has 0 aromatic heterocycles. The van der Waals surface area contributed by atoms with Crippen LogP contribution in [0.15, 0.2) is 18.2 Å². The van der Waals surface area contributed by atoms with E-state index in [-0.39, 0.29) is 18.5 Å². The molecular weight excluding hydrogens is 224 g/mol. The Balaban J connectivity index is 2.97. The quantitative estimate of drug-likeness (QED) is 0.560. The molecule has 3 N–H and O–H groups in total. The summed E-state index contributed by atoms with van der Waals surface area (Å²) in [4.78, 5) is 20.7. The van der Waals surface area contributed by atoms with E-state index in [1.807, 2.05) is 0 Å². The summed E-state index contributed by atoms with van der Waals surface area (Å²) in [7, 11) is 0. The fourth-order valence-electron chi connectivity index (χ4n) is 1.60. The van der Waals surface area contributed by atoms with Crippen molar-refractivity contribution < 1.29 is 14.8 Å². The zero-order valence-corrected chi connectivity index (χ0v) is 9.26. The number of carboxylic acid groups (broad SMARTS) is 1. The molecule has 1 rings (SSSR count). The number of carboxylic acids is 1. The Hall–Kier alpha value is -1.95. The number of carbonyl (C=O) groups is 1. The third-order valence-electron chi connectivity index (χ3n) is 2.43. The average Bonchev–Trinajstić information content (AvgIpc) is 2.27. The molecule has 0 aliphatic rings. The minimum Gasteiger partial charge on any atom is -0.478 e. The van der Waals surface area contributed by atoms with Gasteiger partial charge in [0, 0.05) is 11.3 Å². The number of nitrogens with zero attached hydrogens (tertiary/aromatic N) is 1. The smallest absolute Gasteiger partial charge is 0.335 e. The second-order valence-corrected chi connectivity index (χ2v) is 3.63. The van der Waals surface area contributed by atoms with Gasteiger partial charge in [0.25, 0.3) is 0 Å². The van der Waals surface area contributed by atoms with Crippen molar-refractivity contribution in [1.82, 2.24) is 0 Å². The van der Waals surface area contributed by atoms with Gasteiger partial charge in [-0.15, -0.1) is 0 Å². The van der Waals surface area contributed by atoms with E-state index in [1.165, 1.54) is 12.1 Å². The van der Waals surface area contributed by atoms with Crippen molar-refractivity contribution in [1.29, 1.82) is 0 Å². The topological polar surface area (TPSA) is 106 Å². The fraction of sp³-hybridized carbons (Fsp3) is 0.364. The Morgan fingerprint density at radius 2 is 2.06 bits per heavy atom. The van der Waals surface area contributed by atoms with E-state index in [2.05, 4.69) is 0 Å². The van der Waals surface area contributed by atoms with Crippen LogP contribution in [-0.4, -0.2) is 29.1 Å². The van der Waals surface area contributed by atoms with Crippen molar-refractivity contribution in [3.8, 4) is 0 Å². The number of hydrogen-bond acceptors (Lipinski definition) is 4. The van der Waals surface area contributed by atoms with Crippen molar-refractivity contribution in [3.63, 3.8) is 0 Å². The number of nitrogens with two attached hydrogens (primary N) is 1. The largest absolute Gasteiger partial charge is 0.478 e. The number of benzene rings is 1. The Labute approximate surface area is 98.2 Å². The molecule has 6 nitrogen and oxygen atoms in total. The summed E-state index contributed by atoms with van der Waals surface area (Å²) < 4.78 is 0. The van der Waals surface area contributed by atoms with Gasteiger partial charge < -0.3 is 10.8 Å². The molecule has 0 fully saturated rings. The molecule has 0 bridgehead atoms. The van der Waals surface area contributed by atoms with Crippen molar-refractivity contribution in [2.45, 2.75) is 12.8 Å². The van der Waals surface area contributed by atoms with Gasteiger partial charge >= 0.3 is 5.97 Å². The molecular formula is C11H14N2O4. The molecule has 0 amide bonds. The van der Waals surface area contributed by atoms with Crippen LogP contribution in [-0.2, 0) is 12.8 Å². The Morgan fingerprint density at radius 1 is 1.35 bits per heavy atom. The minimum absolute atomic E-state index is 0.143. The van der Waals surface area contributed by atoms with E-state index in [0.717, 1.165) is 5.56 Å². The van der Waals surface area contributed by atoms with Crippen LogP contribution in [0.2, 0.25) is 0 Å². The summed E-state index contributed by atoms with van der Waals surface area (Å²) in [6.45, 7) is 0.221. The number of aromatic carboxylic acids is 1. The molecule has 0 atom stereocenters. The third kappa shape index (κ3) is 3.84. The second kappa shape index (κ2) is 5.95. The molecule has 0 heterocycles. The first-order valence-corrected chi connectivity index (χ1v) is 5.21. The summed E-state index contributed by atoms with van der Waals surface area (Å²) in [6.07, 6.45) is 0.816. The molecule has 1 aromatic rings. The second-order valence-electron chi connectivity index (χ2n) is 3.63. The highest BCUT2D eigenvalue weighted by Crippen LogP contribution is 2.14. The summed E-state index contributed by atoms with van der Waals surface area (Å²) in [5, 5.41) is 19.2. The van der Waals surface area contributed by atoms with E-state index in [0.29, 0.717) is 18.5 Å². The van der Waals surface area contributed by atoms with E-state index in [9.17, 15) is 14.9 Å². The van der Waals surface area contributed by atoms with Crippen LogP contribution >= 0.6 is 0 Å². The SMILES string of the molecule is NCCc1ccc(C(=O)O)cc1CC[N+](=O)[O-]. The van der Waals surface area contributed by atoms with Gasteiger partial charge in [0.05, 0.1) is 5.56 Å². The standard InChI is InChI=1S/C11H14N2O4/c12-5-3-8-1-2-10(11(14)15)7-9(8)4-6-13(16)17/h1-2,7H,3-6,12H2,(H,14,15). The summed E-state index contributed by atoms with van der Waals surface area (Å²) in [5.74, 6) is -1.04. The number of hydrogen-bond donors (Lipinski definition) is 2. The van der Waals surface area contributed by atoms with Crippen molar-refractivity contribution in [2.75, 3.05) is 13.1 Å². The van der Waals surface area contributed by atoms with Gasteiger partial charge in [0.2, 0.25) is 6.54 Å². The van der Waals surface area contributed by atoms with Gasteiger partial charge in [-0.2, -0.15) is 0 Å². The molecule has 0 spiro atoms. The van der Waals surface area contributed by atoms with Gasteiger partial charge in [-0.3, -0.25) is 10.1 Å². The van der Waals surface area contributed by atoms with Crippen molar-refractivity contribution in [3.05, 3.63) is 45.0 Å². The van der Waals surface area contributed by atoms with Crippen LogP contribution in [0.3, 0.4) is 0 Å². The zero-order chi connectivity index (χ0) is 12.8. The predicted molar refractivity (Wildman–Crippen MR) is 61.7 cm³/mol. The van der Waals surface area contributed by atoms with Crippen LogP contribution in [0.5, 0.6) is 0 Å². The highest BCUT2D eigenvalue weighted by Gasteiger charge is 2.10. The molecule has 1 aromatic carbocycles. The monoisotopic (exact) mass is 238 g/mol. The highest BCUT2D eigenvalue weighted by atomic mass is 16.6. The third-order valence-corrected chi connectivity index (χ3v) is 2.43. The lowest BCUT2D eigenvalue weighted by atomic mass is 9.99. The highest BCUT2D eigenvalue weighted by molar-refractivity contribution is 5.87. The fourth-order valence-corrected chi connectivity index (χ4v) is 1.60. The van der Waals surface area contributed by atoms with Crippen molar-refractivity contribution in [2.24, 2.45) is 5.73 Å². The zero-order valence-electron chi connectivity index (χ0n) is 9.26. The number of rotatable bonds is 6. The van der Waals surface area contributed by atoms with E-state index in [1.54, 1.807) is 6.07 Å². The normalized spacial score (nSPS) is 10.2. The van der Waals surface area contributed by atoms with Gasteiger partial charge in [-0.1, -0.05) is 6.07 Å². The summed E-state index contributed by atoms with van der Waals surface area (Å²) in [5.41, 5.74) is 7.14. The minimum atomic E-state index is -1.04. The van der Waals surface area contributed by atoms with Crippen LogP contribution in [0.25, 0.3) is 0 Å². The van der Waals surface area contributed by atoms with E-state index >= 15 is 0 Å². The van der Waals surface area contributed by atoms with Gasteiger partial charge in [-0.05, 0) is 36.2 Å². The lowest BCUT2D eigenvalue weighted by molar-refractivity contribution is -0.479. The van der Waals surface area contributed by atoms with Crippen LogP contribution in [0.4, 0.5) is 0 Å². The van der Waals surface area contributed by atoms with Crippen LogP contribution in [0.1, 0.15) is 21.5 Å². The lowest BCUT2D eigenvalue weighted by Crippen LogP contribution is -2.10.